The maximum Gasteiger partial charge on any atom is 0.330 e. The Morgan fingerprint density at radius 1 is 1.25 bits per heavy atom. The molecule has 1 atom stereocenters. The molecule has 1 fully saturated rings. The molecule has 1 amide bonds. The monoisotopic (exact) mass is 353 g/mol. The minimum Gasteiger partial charge on any atom is -0.479 e. The van der Waals surface area contributed by atoms with E-state index in [1.165, 1.54) is 0 Å². The van der Waals surface area contributed by atoms with Crippen molar-refractivity contribution >= 4 is 21.7 Å². The Morgan fingerprint density at radius 2 is 1.88 bits per heavy atom. The Morgan fingerprint density at radius 3 is 2.33 bits per heavy atom. The lowest BCUT2D eigenvalue weighted by Gasteiger charge is -2.19. The lowest BCUT2D eigenvalue weighted by molar-refractivity contribution is -0.142. The van der Waals surface area contributed by atoms with Gasteiger partial charge >= 0.3 is 5.97 Å². The van der Waals surface area contributed by atoms with Crippen LogP contribution in [0, 0.1) is 19.3 Å². The van der Waals surface area contributed by atoms with Gasteiger partial charge in [-0.2, -0.15) is 0 Å². The SMILES string of the molecule is Cc1ccc(C(NC(=O)CC2(CS(C)(=O)=O)CC2)C(=O)O)cc1C. The van der Waals surface area contributed by atoms with E-state index in [1.807, 2.05) is 19.9 Å². The molecule has 1 aromatic rings. The predicted molar refractivity (Wildman–Crippen MR) is 90.4 cm³/mol. The molecule has 0 bridgehead atoms. The molecular formula is C17H23NO5S. The van der Waals surface area contributed by atoms with Crippen molar-refractivity contribution in [2.45, 2.75) is 39.2 Å². The van der Waals surface area contributed by atoms with Gasteiger partial charge in [-0.15, -0.1) is 0 Å². The molecule has 1 aliphatic rings. The molecule has 1 aromatic carbocycles. The molecule has 132 valence electrons. The Kier molecular flexibility index (Phi) is 5.03. The first-order valence-corrected chi connectivity index (χ1v) is 9.84. The maximum absolute atomic E-state index is 12.3. The number of nitrogens with one attached hydrogen (secondary N) is 1. The summed E-state index contributed by atoms with van der Waals surface area (Å²) in [6, 6.07) is 4.12. The minimum absolute atomic E-state index is 0.0329. The van der Waals surface area contributed by atoms with E-state index in [4.69, 9.17) is 0 Å². The van der Waals surface area contributed by atoms with E-state index in [0.717, 1.165) is 17.4 Å². The van der Waals surface area contributed by atoms with E-state index in [2.05, 4.69) is 5.32 Å². The van der Waals surface area contributed by atoms with Gasteiger partial charge in [-0.25, -0.2) is 13.2 Å². The molecule has 7 heteroatoms. The highest BCUT2D eigenvalue weighted by Crippen LogP contribution is 2.49. The van der Waals surface area contributed by atoms with Crippen molar-refractivity contribution in [2.75, 3.05) is 12.0 Å². The van der Waals surface area contributed by atoms with E-state index in [9.17, 15) is 23.1 Å². The molecule has 1 saturated carbocycles. The molecular weight excluding hydrogens is 330 g/mol. The zero-order valence-electron chi connectivity index (χ0n) is 14.1. The van der Waals surface area contributed by atoms with Gasteiger partial charge in [0.15, 0.2) is 6.04 Å². The first-order valence-electron chi connectivity index (χ1n) is 7.78. The summed E-state index contributed by atoms with van der Waals surface area (Å²) in [6.07, 6.45) is 2.54. The third-order valence-electron chi connectivity index (χ3n) is 4.48. The fraction of sp³-hybridized carbons (Fsp3) is 0.529. The zero-order chi connectivity index (χ0) is 18.1. The highest BCUT2D eigenvalue weighted by atomic mass is 32.2. The van der Waals surface area contributed by atoms with E-state index in [-0.39, 0.29) is 12.2 Å². The number of aliphatic carboxylic acids is 1. The maximum atomic E-state index is 12.3. The number of carboxylic acid groups (broad SMARTS) is 1. The van der Waals surface area contributed by atoms with Crippen LogP contribution in [0.3, 0.4) is 0 Å². The van der Waals surface area contributed by atoms with Crippen LogP contribution in [0.4, 0.5) is 0 Å². The van der Waals surface area contributed by atoms with Crippen LogP contribution in [0.1, 0.15) is 42.0 Å². The van der Waals surface area contributed by atoms with Crippen LogP contribution in [-0.4, -0.2) is 37.4 Å². The molecule has 2 rings (SSSR count). The molecule has 0 radical (unpaired) electrons. The molecule has 0 aliphatic heterocycles. The second-order valence-corrected chi connectivity index (χ2v) is 9.07. The zero-order valence-corrected chi connectivity index (χ0v) is 14.9. The van der Waals surface area contributed by atoms with Gasteiger partial charge in [-0.3, -0.25) is 4.79 Å². The second kappa shape index (κ2) is 6.55. The highest BCUT2D eigenvalue weighted by Gasteiger charge is 2.47. The van der Waals surface area contributed by atoms with Crippen molar-refractivity contribution in [3.63, 3.8) is 0 Å². The normalized spacial score (nSPS) is 17.1. The van der Waals surface area contributed by atoms with Gasteiger partial charge in [-0.1, -0.05) is 18.2 Å². The molecule has 0 saturated heterocycles. The standard InChI is InChI=1S/C17H23NO5S/c1-11-4-5-13(8-12(11)2)15(16(20)21)18-14(19)9-17(6-7-17)10-24(3,22)23/h4-5,8,15H,6-7,9-10H2,1-3H3,(H,18,19)(H,20,21). The van der Waals surface area contributed by atoms with Gasteiger partial charge in [0.1, 0.15) is 9.84 Å². The molecule has 1 unspecified atom stereocenters. The number of benzene rings is 1. The Labute approximate surface area is 142 Å². The number of hydrogen-bond acceptors (Lipinski definition) is 4. The van der Waals surface area contributed by atoms with Crippen molar-refractivity contribution in [3.05, 3.63) is 34.9 Å². The molecule has 2 N–H and O–H groups in total. The molecule has 24 heavy (non-hydrogen) atoms. The number of sulfone groups is 1. The van der Waals surface area contributed by atoms with Crippen molar-refractivity contribution in [1.29, 1.82) is 0 Å². The van der Waals surface area contributed by atoms with E-state index >= 15 is 0 Å². The Balaban J connectivity index is 2.09. The largest absolute Gasteiger partial charge is 0.479 e. The summed E-state index contributed by atoms with van der Waals surface area (Å²) in [5.41, 5.74) is 1.97. The van der Waals surface area contributed by atoms with Gasteiger partial charge in [0.25, 0.3) is 0 Å². The molecule has 0 spiro atoms. The van der Waals surface area contributed by atoms with Crippen LogP contribution in [0.25, 0.3) is 0 Å². The van der Waals surface area contributed by atoms with Gasteiger partial charge in [0.05, 0.1) is 5.75 Å². The molecule has 0 aromatic heterocycles. The summed E-state index contributed by atoms with van der Waals surface area (Å²) in [5, 5.41) is 12.0. The van der Waals surface area contributed by atoms with Crippen molar-refractivity contribution in [2.24, 2.45) is 5.41 Å². The number of hydrogen-bond donors (Lipinski definition) is 2. The first kappa shape index (κ1) is 18.4. The van der Waals surface area contributed by atoms with Gasteiger partial charge in [0, 0.05) is 12.7 Å². The van der Waals surface area contributed by atoms with E-state index < -0.39 is 33.2 Å². The smallest absolute Gasteiger partial charge is 0.330 e. The summed E-state index contributed by atoms with van der Waals surface area (Å²) in [7, 11) is -3.17. The Hall–Kier alpha value is -1.89. The molecule has 6 nitrogen and oxygen atoms in total. The number of carbonyl (C=O) groups is 2. The third-order valence-corrected chi connectivity index (χ3v) is 5.61. The quantitative estimate of drug-likeness (QED) is 0.778. The van der Waals surface area contributed by atoms with Crippen molar-refractivity contribution in [1.82, 2.24) is 5.32 Å². The number of aryl methyl sites for hydroxylation is 2. The fourth-order valence-corrected chi connectivity index (χ4v) is 4.39. The number of rotatable bonds is 7. The predicted octanol–water partition coefficient (Wildman–Crippen LogP) is 1.76. The van der Waals surface area contributed by atoms with E-state index in [0.29, 0.717) is 18.4 Å². The van der Waals surface area contributed by atoms with Gasteiger partial charge < -0.3 is 10.4 Å². The van der Waals surface area contributed by atoms with Crippen LogP contribution in [-0.2, 0) is 19.4 Å². The average Bonchev–Trinajstić information content (AvgIpc) is 3.15. The Bertz CT molecular complexity index is 765. The third kappa shape index (κ3) is 4.80. The van der Waals surface area contributed by atoms with Crippen LogP contribution in [0.2, 0.25) is 0 Å². The van der Waals surface area contributed by atoms with E-state index in [1.54, 1.807) is 12.1 Å². The van der Waals surface area contributed by atoms with Gasteiger partial charge in [-0.05, 0) is 48.8 Å². The number of carbonyl (C=O) groups excluding carboxylic acids is 1. The van der Waals surface area contributed by atoms with Gasteiger partial charge in [0.2, 0.25) is 5.91 Å². The molecule has 1 aliphatic carbocycles. The minimum atomic E-state index is -3.17. The summed E-state index contributed by atoms with van der Waals surface area (Å²) in [4.78, 5) is 23.8. The lowest BCUT2D eigenvalue weighted by atomic mass is 10.00. The summed E-state index contributed by atoms with van der Waals surface area (Å²) in [5.74, 6) is -1.60. The second-order valence-electron chi connectivity index (χ2n) is 6.93. The summed E-state index contributed by atoms with van der Waals surface area (Å²) < 4.78 is 22.9. The van der Waals surface area contributed by atoms with Crippen LogP contribution in [0.15, 0.2) is 18.2 Å². The van der Waals surface area contributed by atoms with Crippen LogP contribution < -0.4 is 5.32 Å². The number of carboxylic acids is 1. The summed E-state index contributed by atoms with van der Waals surface area (Å²) in [6.45, 7) is 3.81. The van der Waals surface area contributed by atoms with Crippen LogP contribution in [0.5, 0.6) is 0 Å². The topological polar surface area (TPSA) is 101 Å². The van der Waals surface area contributed by atoms with Crippen molar-refractivity contribution in [3.8, 4) is 0 Å². The lowest BCUT2D eigenvalue weighted by Crippen LogP contribution is -2.36. The van der Waals surface area contributed by atoms with Crippen LogP contribution >= 0.6 is 0 Å². The first-order chi connectivity index (χ1) is 11.0. The highest BCUT2D eigenvalue weighted by molar-refractivity contribution is 7.90. The summed E-state index contributed by atoms with van der Waals surface area (Å²) >= 11 is 0. The average molecular weight is 353 g/mol. The molecule has 0 heterocycles. The fourth-order valence-electron chi connectivity index (χ4n) is 2.89. The number of amides is 1. The van der Waals surface area contributed by atoms with Crippen molar-refractivity contribution < 1.29 is 23.1 Å².